The van der Waals surface area contributed by atoms with E-state index in [4.69, 9.17) is 4.74 Å². The van der Waals surface area contributed by atoms with Crippen LogP contribution in [0.4, 0.5) is 11.4 Å². The summed E-state index contributed by atoms with van der Waals surface area (Å²) in [4.78, 5) is 25.9. The van der Waals surface area contributed by atoms with Crippen LogP contribution < -0.4 is 15.0 Å². The lowest BCUT2D eigenvalue weighted by Crippen LogP contribution is -2.36. The van der Waals surface area contributed by atoms with Crippen LogP contribution in [0.15, 0.2) is 78.9 Å². The Morgan fingerprint density at radius 1 is 0.897 bits per heavy atom. The maximum atomic E-state index is 12.4. The zero-order valence-corrected chi connectivity index (χ0v) is 16.6. The van der Waals surface area contributed by atoms with Crippen molar-refractivity contribution in [1.29, 1.82) is 0 Å². The molecule has 3 aromatic carbocycles. The van der Waals surface area contributed by atoms with E-state index in [-0.39, 0.29) is 18.4 Å². The second-order valence-electron chi connectivity index (χ2n) is 6.79. The van der Waals surface area contributed by atoms with Crippen LogP contribution in [0.2, 0.25) is 0 Å². The van der Waals surface area contributed by atoms with Crippen LogP contribution >= 0.6 is 0 Å². The van der Waals surface area contributed by atoms with Crippen molar-refractivity contribution in [2.45, 2.75) is 20.5 Å². The number of anilines is 2. The Hall–Kier alpha value is -3.60. The molecule has 0 heterocycles. The molecule has 1 N–H and O–H groups in total. The number of carbonyl (C=O) groups is 2. The number of nitrogens with zero attached hydrogens (tertiary/aromatic N) is 1. The van der Waals surface area contributed by atoms with Gasteiger partial charge in [0.1, 0.15) is 18.9 Å². The third kappa shape index (κ3) is 5.94. The highest BCUT2D eigenvalue weighted by molar-refractivity contribution is 6.01. The van der Waals surface area contributed by atoms with Gasteiger partial charge in [-0.25, -0.2) is 0 Å². The van der Waals surface area contributed by atoms with Gasteiger partial charge in [-0.05, 0) is 48.9 Å². The molecule has 0 unspecified atom stereocenters. The zero-order chi connectivity index (χ0) is 20.6. The van der Waals surface area contributed by atoms with Gasteiger partial charge < -0.3 is 15.0 Å². The van der Waals surface area contributed by atoms with Crippen molar-refractivity contribution in [1.82, 2.24) is 0 Å². The lowest BCUT2D eigenvalue weighted by atomic mass is 10.2. The molecular formula is C24H24N2O3. The number of nitrogens with one attached hydrogen (secondary N) is 1. The predicted molar refractivity (Wildman–Crippen MR) is 115 cm³/mol. The van der Waals surface area contributed by atoms with Crippen LogP contribution in [-0.4, -0.2) is 18.4 Å². The number of aryl methyl sites for hydroxylation is 1. The van der Waals surface area contributed by atoms with Gasteiger partial charge >= 0.3 is 0 Å². The minimum atomic E-state index is -0.256. The maximum Gasteiger partial charge on any atom is 0.244 e. The molecule has 0 spiro atoms. The topological polar surface area (TPSA) is 58.6 Å². The summed E-state index contributed by atoms with van der Waals surface area (Å²) in [6, 6.07) is 24.6. The Labute approximate surface area is 170 Å². The smallest absolute Gasteiger partial charge is 0.244 e. The van der Waals surface area contributed by atoms with Crippen molar-refractivity contribution >= 4 is 23.2 Å². The fourth-order valence-corrected chi connectivity index (χ4v) is 2.83. The van der Waals surface area contributed by atoms with Gasteiger partial charge in [-0.3, -0.25) is 9.59 Å². The molecule has 0 saturated carbocycles. The molecule has 148 valence electrons. The molecule has 0 aliphatic rings. The first-order valence-corrected chi connectivity index (χ1v) is 9.43. The quantitative estimate of drug-likeness (QED) is 0.645. The number of hydrogen-bond donors (Lipinski definition) is 1. The Balaban J connectivity index is 1.61. The first kappa shape index (κ1) is 20.1. The summed E-state index contributed by atoms with van der Waals surface area (Å²) in [5.41, 5.74) is 3.54. The van der Waals surface area contributed by atoms with Gasteiger partial charge in [0.25, 0.3) is 0 Å². The average molecular weight is 388 g/mol. The normalized spacial score (nSPS) is 10.3. The van der Waals surface area contributed by atoms with Gasteiger partial charge in [0.15, 0.2) is 0 Å². The number of hydrogen-bond acceptors (Lipinski definition) is 3. The standard InChI is InChI=1S/C24H24N2O3/c1-18-8-10-21(11-9-18)25-24(28)16-26(19(2)27)22-12-14-23(15-13-22)29-17-20-6-4-3-5-7-20/h3-15H,16-17H2,1-2H3,(H,25,28). The van der Waals surface area contributed by atoms with E-state index in [1.54, 1.807) is 24.3 Å². The van der Waals surface area contributed by atoms with Gasteiger partial charge in [0.2, 0.25) is 11.8 Å². The number of amides is 2. The summed E-state index contributed by atoms with van der Waals surface area (Å²) in [5.74, 6) is 0.237. The molecule has 0 aliphatic heterocycles. The maximum absolute atomic E-state index is 12.4. The fraction of sp³-hybridized carbons (Fsp3) is 0.167. The highest BCUT2D eigenvalue weighted by Gasteiger charge is 2.16. The first-order chi connectivity index (χ1) is 14.0. The summed E-state index contributed by atoms with van der Waals surface area (Å²) in [6.07, 6.45) is 0. The van der Waals surface area contributed by atoms with Crippen LogP contribution in [0.25, 0.3) is 0 Å². The Morgan fingerprint density at radius 2 is 1.55 bits per heavy atom. The van der Waals surface area contributed by atoms with Crippen molar-refractivity contribution < 1.29 is 14.3 Å². The summed E-state index contributed by atoms with van der Waals surface area (Å²) in [7, 11) is 0. The molecule has 5 heteroatoms. The molecule has 0 atom stereocenters. The molecule has 0 aromatic heterocycles. The van der Waals surface area contributed by atoms with Crippen molar-refractivity contribution in [3.05, 3.63) is 90.0 Å². The van der Waals surface area contributed by atoms with Crippen molar-refractivity contribution in [3.8, 4) is 5.75 Å². The SMILES string of the molecule is CC(=O)N(CC(=O)Nc1ccc(C)cc1)c1ccc(OCc2ccccc2)cc1. The molecule has 5 nitrogen and oxygen atoms in total. The van der Waals surface area contributed by atoms with E-state index in [2.05, 4.69) is 5.32 Å². The van der Waals surface area contributed by atoms with Crippen LogP contribution in [0.5, 0.6) is 5.75 Å². The van der Waals surface area contributed by atoms with Crippen molar-refractivity contribution in [2.75, 3.05) is 16.8 Å². The van der Waals surface area contributed by atoms with Gasteiger partial charge in [0, 0.05) is 18.3 Å². The lowest BCUT2D eigenvalue weighted by Gasteiger charge is -2.21. The first-order valence-electron chi connectivity index (χ1n) is 9.43. The molecule has 3 rings (SSSR count). The summed E-state index contributed by atoms with van der Waals surface area (Å²) in [5, 5.41) is 2.82. The highest BCUT2D eigenvalue weighted by atomic mass is 16.5. The van der Waals surface area contributed by atoms with Crippen LogP contribution in [-0.2, 0) is 16.2 Å². The van der Waals surface area contributed by atoms with Crippen molar-refractivity contribution in [2.24, 2.45) is 0 Å². The Kier molecular flexibility index (Phi) is 6.63. The van der Waals surface area contributed by atoms with Gasteiger partial charge in [0.05, 0.1) is 0 Å². The monoisotopic (exact) mass is 388 g/mol. The second kappa shape index (κ2) is 9.55. The van der Waals surface area contributed by atoms with Crippen LogP contribution in [0.3, 0.4) is 0 Å². The van der Waals surface area contributed by atoms with E-state index in [9.17, 15) is 9.59 Å². The molecule has 0 radical (unpaired) electrons. The molecule has 3 aromatic rings. The number of rotatable bonds is 7. The fourth-order valence-electron chi connectivity index (χ4n) is 2.83. The largest absolute Gasteiger partial charge is 0.489 e. The van der Waals surface area contributed by atoms with E-state index in [0.717, 1.165) is 11.1 Å². The predicted octanol–water partition coefficient (Wildman–Crippen LogP) is 4.57. The van der Waals surface area contributed by atoms with E-state index >= 15 is 0 Å². The van der Waals surface area contributed by atoms with Crippen LogP contribution in [0, 0.1) is 6.92 Å². The van der Waals surface area contributed by atoms with Crippen LogP contribution in [0.1, 0.15) is 18.1 Å². The number of carbonyl (C=O) groups excluding carboxylic acids is 2. The number of ether oxygens (including phenoxy) is 1. The second-order valence-corrected chi connectivity index (χ2v) is 6.79. The van der Waals surface area contributed by atoms with Gasteiger partial charge in [-0.1, -0.05) is 48.0 Å². The number of benzene rings is 3. The Morgan fingerprint density at radius 3 is 2.17 bits per heavy atom. The molecule has 2 amide bonds. The molecular weight excluding hydrogens is 364 g/mol. The molecule has 0 aliphatic carbocycles. The van der Waals surface area contributed by atoms with Crippen molar-refractivity contribution in [3.63, 3.8) is 0 Å². The average Bonchev–Trinajstić information content (AvgIpc) is 2.73. The van der Waals surface area contributed by atoms with E-state index in [1.807, 2.05) is 61.5 Å². The molecule has 0 saturated heterocycles. The third-order valence-corrected chi connectivity index (χ3v) is 4.41. The minimum Gasteiger partial charge on any atom is -0.489 e. The Bertz CT molecular complexity index is 952. The molecule has 0 fully saturated rings. The zero-order valence-electron chi connectivity index (χ0n) is 16.6. The molecule has 29 heavy (non-hydrogen) atoms. The minimum absolute atomic E-state index is 0.0621. The summed E-state index contributed by atoms with van der Waals surface area (Å²) < 4.78 is 5.77. The van der Waals surface area contributed by atoms with E-state index in [1.165, 1.54) is 11.8 Å². The summed E-state index contributed by atoms with van der Waals surface area (Å²) in [6.45, 7) is 3.83. The lowest BCUT2D eigenvalue weighted by molar-refractivity contribution is -0.120. The third-order valence-electron chi connectivity index (χ3n) is 4.41. The van der Waals surface area contributed by atoms with E-state index < -0.39 is 0 Å². The highest BCUT2D eigenvalue weighted by Crippen LogP contribution is 2.21. The summed E-state index contributed by atoms with van der Waals surface area (Å²) >= 11 is 0. The van der Waals surface area contributed by atoms with E-state index in [0.29, 0.717) is 23.7 Å². The van der Waals surface area contributed by atoms with Gasteiger partial charge in [-0.15, -0.1) is 0 Å². The molecule has 0 bridgehead atoms. The van der Waals surface area contributed by atoms with Gasteiger partial charge in [-0.2, -0.15) is 0 Å².